The number of rotatable bonds is 9. The number of hydrogen-bond acceptors (Lipinski definition) is 3. The Morgan fingerprint density at radius 2 is 1.89 bits per heavy atom. The minimum absolute atomic E-state index is 0.0724. The molecule has 18 heavy (non-hydrogen) atoms. The molecule has 0 radical (unpaired) electrons. The van der Waals surface area contributed by atoms with Crippen LogP contribution in [0.2, 0.25) is 0 Å². The minimum atomic E-state index is -0.908. The quantitative estimate of drug-likeness (QED) is 0.678. The van der Waals surface area contributed by atoms with E-state index in [4.69, 9.17) is 0 Å². The summed E-state index contributed by atoms with van der Waals surface area (Å²) in [5.74, 6) is -1.03. The molecule has 0 spiro atoms. The molecule has 0 bridgehead atoms. The van der Waals surface area contributed by atoms with Crippen LogP contribution in [-0.4, -0.2) is 35.0 Å². The molecule has 106 valence electrons. The Morgan fingerprint density at radius 3 is 2.28 bits per heavy atom. The van der Waals surface area contributed by atoms with Gasteiger partial charge in [0.25, 0.3) is 0 Å². The van der Waals surface area contributed by atoms with E-state index in [9.17, 15) is 14.7 Å². The first kappa shape index (κ1) is 17.3. The molecule has 0 saturated heterocycles. The van der Waals surface area contributed by atoms with Crippen molar-refractivity contribution in [3.63, 3.8) is 0 Å². The third-order valence-electron chi connectivity index (χ3n) is 3.58. The highest BCUT2D eigenvalue weighted by molar-refractivity contribution is 7.99. The first-order chi connectivity index (χ1) is 8.41. The summed E-state index contributed by atoms with van der Waals surface area (Å²) in [4.78, 5) is 23.0. The van der Waals surface area contributed by atoms with Crippen LogP contribution in [0.15, 0.2) is 0 Å². The van der Waals surface area contributed by atoms with E-state index in [1.54, 1.807) is 11.8 Å². The number of carboxylic acids is 1. The van der Waals surface area contributed by atoms with Crippen molar-refractivity contribution in [2.75, 3.05) is 12.8 Å². The summed E-state index contributed by atoms with van der Waals surface area (Å²) in [6, 6.07) is 0. The first-order valence-electron chi connectivity index (χ1n) is 6.44. The third kappa shape index (κ3) is 5.29. The van der Waals surface area contributed by atoms with Gasteiger partial charge >= 0.3 is 5.97 Å². The van der Waals surface area contributed by atoms with E-state index in [0.29, 0.717) is 24.6 Å². The van der Waals surface area contributed by atoms with Crippen LogP contribution in [0.3, 0.4) is 0 Å². The predicted octanol–water partition coefficient (Wildman–Crippen LogP) is 2.53. The van der Waals surface area contributed by atoms with Gasteiger partial charge in [-0.3, -0.25) is 9.59 Å². The second-order valence-corrected chi connectivity index (χ2v) is 5.93. The smallest absolute Gasteiger partial charge is 0.310 e. The number of carboxylic acid groups (broad SMARTS) is 1. The van der Waals surface area contributed by atoms with E-state index < -0.39 is 11.4 Å². The number of thioether (sulfide) groups is 1. The maximum atomic E-state index is 11.8. The molecule has 0 aromatic heterocycles. The summed E-state index contributed by atoms with van der Waals surface area (Å²) in [6.45, 7) is 6.36. The average molecular weight is 275 g/mol. The molecule has 0 saturated carbocycles. The van der Waals surface area contributed by atoms with Gasteiger partial charge in [-0.05, 0) is 25.5 Å². The van der Waals surface area contributed by atoms with Gasteiger partial charge in [-0.1, -0.05) is 20.8 Å². The summed E-state index contributed by atoms with van der Waals surface area (Å²) in [5, 5.41) is 12.6. The van der Waals surface area contributed by atoms with Gasteiger partial charge in [0.15, 0.2) is 0 Å². The standard InChI is InChI=1S/C13H25NO3S/c1-5-13(6-2,12(16)17)9-11(15)14-8-7-10(3)18-4/h10H,5-9H2,1-4H3,(H,14,15)(H,16,17). The lowest BCUT2D eigenvalue weighted by atomic mass is 9.79. The monoisotopic (exact) mass is 275 g/mol. The van der Waals surface area contributed by atoms with E-state index in [-0.39, 0.29) is 12.3 Å². The SMILES string of the molecule is CCC(CC)(CC(=O)NCCC(C)SC)C(=O)O. The number of nitrogens with one attached hydrogen (secondary N) is 1. The van der Waals surface area contributed by atoms with Gasteiger partial charge in [0.1, 0.15) is 0 Å². The van der Waals surface area contributed by atoms with E-state index in [1.165, 1.54) is 0 Å². The fraction of sp³-hybridized carbons (Fsp3) is 0.846. The highest BCUT2D eigenvalue weighted by Crippen LogP contribution is 2.30. The molecule has 1 amide bonds. The molecule has 0 heterocycles. The lowest BCUT2D eigenvalue weighted by molar-refractivity contribution is -0.152. The second-order valence-electron chi connectivity index (χ2n) is 4.65. The minimum Gasteiger partial charge on any atom is -0.481 e. The van der Waals surface area contributed by atoms with E-state index in [1.807, 2.05) is 20.1 Å². The molecule has 5 heteroatoms. The summed E-state index contributed by atoms with van der Waals surface area (Å²) in [5.41, 5.74) is -0.908. The van der Waals surface area contributed by atoms with Crippen molar-refractivity contribution in [1.82, 2.24) is 5.32 Å². The molecule has 0 aromatic carbocycles. The molecule has 4 nitrogen and oxygen atoms in total. The van der Waals surface area contributed by atoms with Crippen LogP contribution in [0.4, 0.5) is 0 Å². The van der Waals surface area contributed by atoms with Crippen LogP contribution in [0.1, 0.15) is 46.5 Å². The van der Waals surface area contributed by atoms with Gasteiger partial charge < -0.3 is 10.4 Å². The Labute approximate surface area is 114 Å². The normalized spacial score (nSPS) is 13.1. The fourth-order valence-corrected chi connectivity index (χ4v) is 2.13. The second kappa shape index (κ2) is 8.40. The summed E-state index contributed by atoms with van der Waals surface area (Å²) in [7, 11) is 0. The highest BCUT2D eigenvalue weighted by Gasteiger charge is 2.36. The number of aliphatic carboxylic acids is 1. The van der Waals surface area contributed by atoms with Crippen molar-refractivity contribution in [3.05, 3.63) is 0 Å². The van der Waals surface area contributed by atoms with Gasteiger partial charge in [-0.15, -0.1) is 0 Å². The number of hydrogen-bond donors (Lipinski definition) is 2. The van der Waals surface area contributed by atoms with Crippen molar-refractivity contribution in [2.24, 2.45) is 5.41 Å². The molecule has 1 unspecified atom stereocenters. The number of carbonyl (C=O) groups excluding carboxylic acids is 1. The molecular weight excluding hydrogens is 250 g/mol. The molecular formula is C13H25NO3S. The van der Waals surface area contributed by atoms with Crippen LogP contribution in [0, 0.1) is 5.41 Å². The number of amides is 1. The molecule has 0 aromatic rings. The number of carbonyl (C=O) groups is 2. The maximum absolute atomic E-state index is 11.8. The predicted molar refractivity (Wildman–Crippen MR) is 75.9 cm³/mol. The van der Waals surface area contributed by atoms with Crippen molar-refractivity contribution in [2.45, 2.75) is 51.7 Å². The molecule has 0 rings (SSSR count). The fourth-order valence-electron chi connectivity index (χ4n) is 1.78. The highest BCUT2D eigenvalue weighted by atomic mass is 32.2. The Kier molecular flexibility index (Phi) is 8.07. The van der Waals surface area contributed by atoms with Crippen molar-refractivity contribution in [1.29, 1.82) is 0 Å². The van der Waals surface area contributed by atoms with E-state index in [2.05, 4.69) is 12.2 Å². The van der Waals surface area contributed by atoms with Gasteiger partial charge in [-0.2, -0.15) is 11.8 Å². The molecule has 0 aliphatic heterocycles. The van der Waals surface area contributed by atoms with Crippen LogP contribution < -0.4 is 5.32 Å². The van der Waals surface area contributed by atoms with E-state index in [0.717, 1.165) is 6.42 Å². The van der Waals surface area contributed by atoms with Crippen molar-refractivity contribution >= 4 is 23.6 Å². The largest absolute Gasteiger partial charge is 0.481 e. The first-order valence-corrected chi connectivity index (χ1v) is 7.73. The zero-order chi connectivity index (χ0) is 14.2. The van der Waals surface area contributed by atoms with Crippen molar-refractivity contribution < 1.29 is 14.7 Å². The molecule has 2 N–H and O–H groups in total. The molecule has 0 aliphatic rings. The Hall–Kier alpha value is -0.710. The third-order valence-corrected chi connectivity index (χ3v) is 4.62. The lowest BCUT2D eigenvalue weighted by Crippen LogP contribution is -2.37. The molecule has 0 fully saturated rings. The van der Waals surface area contributed by atoms with Crippen LogP contribution in [-0.2, 0) is 9.59 Å². The summed E-state index contributed by atoms with van der Waals surface area (Å²) < 4.78 is 0. The Bertz CT molecular complexity index is 277. The van der Waals surface area contributed by atoms with Gasteiger partial charge in [-0.25, -0.2) is 0 Å². The Morgan fingerprint density at radius 1 is 1.33 bits per heavy atom. The zero-order valence-corrected chi connectivity index (χ0v) is 12.6. The van der Waals surface area contributed by atoms with Gasteiger partial charge in [0, 0.05) is 18.2 Å². The van der Waals surface area contributed by atoms with E-state index >= 15 is 0 Å². The zero-order valence-electron chi connectivity index (χ0n) is 11.8. The van der Waals surface area contributed by atoms with Gasteiger partial charge in [0.05, 0.1) is 5.41 Å². The Balaban J connectivity index is 4.24. The summed E-state index contributed by atoms with van der Waals surface area (Å²) in [6.07, 6.45) is 3.98. The maximum Gasteiger partial charge on any atom is 0.310 e. The van der Waals surface area contributed by atoms with Crippen LogP contribution >= 0.6 is 11.8 Å². The lowest BCUT2D eigenvalue weighted by Gasteiger charge is -2.25. The molecule has 1 atom stereocenters. The molecule has 0 aliphatic carbocycles. The van der Waals surface area contributed by atoms with Crippen molar-refractivity contribution in [3.8, 4) is 0 Å². The van der Waals surface area contributed by atoms with Crippen LogP contribution in [0.25, 0.3) is 0 Å². The van der Waals surface area contributed by atoms with Crippen LogP contribution in [0.5, 0.6) is 0 Å². The topological polar surface area (TPSA) is 66.4 Å². The summed E-state index contributed by atoms with van der Waals surface area (Å²) >= 11 is 1.76. The van der Waals surface area contributed by atoms with Gasteiger partial charge in [0.2, 0.25) is 5.91 Å². The average Bonchev–Trinajstić information content (AvgIpc) is 2.35.